The fourth-order valence-electron chi connectivity index (χ4n) is 1.60. The van der Waals surface area contributed by atoms with E-state index in [9.17, 15) is 0 Å². The molecule has 0 amide bonds. The smallest absolute Gasteiger partial charge is 0.124 e. The van der Waals surface area contributed by atoms with Gasteiger partial charge in [-0.1, -0.05) is 19.9 Å². The molecule has 17 heavy (non-hydrogen) atoms. The summed E-state index contributed by atoms with van der Waals surface area (Å²) < 4.78 is 11.0. The van der Waals surface area contributed by atoms with Gasteiger partial charge in [-0.2, -0.15) is 0 Å². The molecular formula is C14H23NO2. The van der Waals surface area contributed by atoms with Crippen molar-refractivity contribution in [1.29, 1.82) is 0 Å². The number of rotatable bonds is 6. The predicted molar refractivity (Wildman–Crippen MR) is 70.1 cm³/mol. The van der Waals surface area contributed by atoms with Gasteiger partial charge in [-0.15, -0.1) is 0 Å². The fraction of sp³-hybridized carbons (Fsp3) is 0.571. The monoisotopic (exact) mass is 237 g/mol. The normalized spacial score (nSPS) is 12.8. The first-order valence-corrected chi connectivity index (χ1v) is 6.04. The van der Waals surface area contributed by atoms with Gasteiger partial charge in [-0.3, -0.25) is 0 Å². The van der Waals surface area contributed by atoms with Gasteiger partial charge in [0, 0.05) is 18.2 Å². The maximum atomic E-state index is 5.87. The van der Waals surface area contributed by atoms with Crippen LogP contribution in [-0.2, 0) is 11.3 Å². The Balaban J connectivity index is 2.75. The van der Waals surface area contributed by atoms with E-state index in [2.05, 4.69) is 19.9 Å². The molecule has 0 saturated carbocycles. The summed E-state index contributed by atoms with van der Waals surface area (Å²) in [5, 5.41) is 0. The van der Waals surface area contributed by atoms with Gasteiger partial charge in [0.1, 0.15) is 5.75 Å². The van der Waals surface area contributed by atoms with Crippen LogP contribution in [0.3, 0.4) is 0 Å². The molecule has 0 aliphatic carbocycles. The Kier molecular flexibility index (Phi) is 5.45. The minimum absolute atomic E-state index is 0.0322. The van der Waals surface area contributed by atoms with Gasteiger partial charge in [-0.05, 0) is 30.5 Å². The van der Waals surface area contributed by atoms with Crippen LogP contribution in [0.25, 0.3) is 0 Å². The molecule has 0 saturated heterocycles. The van der Waals surface area contributed by atoms with Crippen molar-refractivity contribution in [2.24, 2.45) is 11.7 Å². The highest BCUT2D eigenvalue weighted by Gasteiger charge is 2.07. The first-order chi connectivity index (χ1) is 8.04. The van der Waals surface area contributed by atoms with Gasteiger partial charge < -0.3 is 15.2 Å². The third-order valence-corrected chi connectivity index (χ3v) is 2.54. The lowest BCUT2D eigenvalue weighted by Crippen LogP contribution is -2.07. The van der Waals surface area contributed by atoms with Crippen LogP contribution in [0, 0.1) is 5.92 Å². The van der Waals surface area contributed by atoms with E-state index in [-0.39, 0.29) is 6.04 Å². The molecule has 3 nitrogen and oxygen atoms in total. The number of benzene rings is 1. The molecule has 1 unspecified atom stereocenters. The standard InChI is InChI=1S/C14H23NO2/c1-10(2)8-17-9-13-7-12(11(3)15)5-6-14(13)16-4/h5-7,10-11H,8-9,15H2,1-4H3. The fourth-order valence-corrected chi connectivity index (χ4v) is 1.60. The maximum Gasteiger partial charge on any atom is 0.124 e. The number of ether oxygens (including phenoxy) is 2. The van der Waals surface area contributed by atoms with Crippen LogP contribution in [0.2, 0.25) is 0 Å². The highest BCUT2D eigenvalue weighted by atomic mass is 16.5. The van der Waals surface area contributed by atoms with Crippen LogP contribution < -0.4 is 10.5 Å². The molecule has 1 aromatic carbocycles. The Morgan fingerprint density at radius 2 is 1.94 bits per heavy atom. The molecule has 0 radical (unpaired) electrons. The third-order valence-electron chi connectivity index (χ3n) is 2.54. The van der Waals surface area contributed by atoms with Crippen molar-refractivity contribution in [3.05, 3.63) is 29.3 Å². The zero-order chi connectivity index (χ0) is 12.8. The van der Waals surface area contributed by atoms with Crippen LogP contribution in [-0.4, -0.2) is 13.7 Å². The molecule has 0 aliphatic rings. The van der Waals surface area contributed by atoms with Crippen LogP contribution in [0.4, 0.5) is 0 Å². The second-order valence-electron chi connectivity index (χ2n) is 4.77. The van der Waals surface area contributed by atoms with E-state index in [0.717, 1.165) is 23.5 Å². The molecule has 2 N–H and O–H groups in total. The summed E-state index contributed by atoms with van der Waals surface area (Å²) >= 11 is 0. The summed E-state index contributed by atoms with van der Waals surface area (Å²) in [6.07, 6.45) is 0. The molecule has 1 atom stereocenters. The van der Waals surface area contributed by atoms with Crippen LogP contribution in [0.1, 0.15) is 37.9 Å². The summed E-state index contributed by atoms with van der Waals surface area (Å²) in [5.41, 5.74) is 8.03. The van der Waals surface area contributed by atoms with Gasteiger partial charge in [-0.25, -0.2) is 0 Å². The second kappa shape index (κ2) is 6.62. The van der Waals surface area contributed by atoms with E-state index in [0.29, 0.717) is 12.5 Å². The second-order valence-corrected chi connectivity index (χ2v) is 4.77. The van der Waals surface area contributed by atoms with Crippen LogP contribution in [0.15, 0.2) is 18.2 Å². The van der Waals surface area contributed by atoms with Crippen LogP contribution >= 0.6 is 0 Å². The van der Waals surface area contributed by atoms with Crippen molar-refractivity contribution >= 4 is 0 Å². The lowest BCUT2D eigenvalue weighted by Gasteiger charge is -2.13. The van der Waals surface area contributed by atoms with Crippen molar-refractivity contribution in [1.82, 2.24) is 0 Å². The molecule has 0 bridgehead atoms. The lowest BCUT2D eigenvalue weighted by atomic mass is 10.1. The zero-order valence-electron chi connectivity index (χ0n) is 11.2. The molecule has 0 spiro atoms. The van der Waals surface area contributed by atoms with Gasteiger partial charge in [0.05, 0.1) is 13.7 Å². The lowest BCUT2D eigenvalue weighted by molar-refractivity contribution is 0.0955. The molecular weight excluding hydrogens is 214 g/mol. The van der Waals surface area contributed by atoms with Gasteiger partial charge >= 0.3 is 0 Å². The van der Waals surface area contributed by atoms with Crippen LogP contribution in [0.5, 0.6) is 5.75 Å². The Bertz CT molecular complexity index is 348. The molecule has 1 aromatic rings. The molecule has 0 aliphatic heterocycles. The largest absolute Gasteiger partial charge is 0.496 e. The van der Waals surface area contributed by atoms with E-state index in [1.165, 1.54) is 0 Å². The van der Waals surface area contributed by atoms with Crippen molar-refractivity contribution < 1.29 is 9.47 Å². The molecule has 0 fully saturated rings. The van der Waals surface area contributed by atoms with E-state index in [4.69, 9.17) is 15.2 Å². The SMILES string of the molecule is COc1ccc(C(C)N)cc1COCC(C)C. The van der Waals surface area contributed by atoms with Crippen molar-refractivity contribution in [3.63, 3.8) is 0 Å². The van der Waals surface area contributed by atoms with Gasteiger partial charge in [0.25, 0.3) is 0 Å². The summed E-state index contributed by atoms with van der Waals surface area (Å²) in [6, 6.07) is 6.04. The molecule has 0 heterocycles. The first-order valence-electron chi connectivity index (χ1n) is 6.04. The number of hydrogen-bond acceptors (Lipinski definition) is 3. The summed E-state index contributed by atoms with van der Waals surface area (Å²) in [4.78, 5) is 0. The van der Waals surface area contributed by atoms with Crippen molar-refractivity contribution in [2.75, 3.05) is 13.7 Å². The molecule has 1 rings (SSSR count). The highest BCUT2D eigenvalue weighted by molar-refractivity contribution is 5.37. The summed E-state index contributed by atoms with van der Waals surface area (Å²) in [5.74, 6) is 1.40. The average Bonchev–Trinajstić information content (AvgIpc) is 2.28. The van der Waals surface area contributed by atoms with E-state index in [1.807, 2.05) is 19.1 Å². The van der Waals surface area contributed by atoms with E-state index >= 15 is 0 Å². The molecule has 96 valence electrons. The average molecular weight is 237 g/mol. The molecule has 3 heteroatoms. The Hall–Kier alpha value is -1.06. The quantitative estimate of drug-likeness (QED) is 0.827. The van der Waals surface area contributed by atoms with E-state index < -0.39 is 0 Å². The number of hydrogen-bond donors (Lipinski definition) is 1. The van der Waals surface area contributed by atoms with Gasteiger partial charge in [0.2, 0.25) is 0 Å². The zero-order valence-corrected chi connectivity index (χ0v) is 11.2. The van der Waals surface area contributed by atoms with E-state index in [1.54, 1.807) is 7.11 Å². The minimum atomic E-state index is 0.0322. The maximum absolute atomic E-state index is 5.87. The summed E-state index contributed by atoms with van der Waals surface area (Å²) in [7, 11) is 1.67. The first kappa shape index (κ1) is 14.0. The third kappa shape index (κ3) is 4.36. The van der Waals surface area contributed by atoms with Gasteiger partial charge in [0.15, 0.2) is 0 Å². The van der Waals surface area contributed by atoms with Crippen molar-refractivity contribution in [2.45, 2.75) is 33.4 Å². The Labute approximate surface area is 104 Å². The predicted octanol–water partition coefficient (Wildman–Crippen LogP) is 2.89. The number of methoxy groups -OCH3 is 1. The summed E-state index contributed by atoms with van der Waals surface area (Å²) in [6.45, 7) is 7.57. The molecule has 0 aromatic heterocycles. The Morgan fingerprint density at radius 1 is 1.24 bits per heavy atom. The minimum Gasteiger partial charge on any atom is -0.496 e. The Morgan fingerprint density at radius 3 is 2.47 bits per heavy atom. The highest BCUT2D eigenvalue weighted by Crippen LogP contribution is 2.23. The van der Waals surface area contributed by atoms with Crippen molar-refractivity contribution in [3.8, 4) is 5.75 Å². The number of nitrogens with two attached hydrogens (primary N) is 1. The topological polar surface area (TPSA) is 44.5 Å².